The highest BCUT2D eigenvalue weighted by Crippen LogP contribution is 2.55. The van der Waals surface area contributed by atoms with Gasteiger partial charge in [-0.25, -0.2) is 0 Å². The summed E-state index contributed by atoms with van der Waals surface area (Å²) >= 11 is 0. The first-order valence-corrected chi connectivity index (χ1v) is 9.29. The Morgan fingerprint density at radius 1 is 1.14 bits per heavy atom. The molecule has 4 heteroatoms. The highest BCUT2D eigenvalue weighted by atomic mass is 35.5. The second-order valence-corrected chi connectivity index (χ2v) is 7.62. The summed E-state index contributed by atoms with van der Waals surface area (Å²) < 4.78 is 6.10. The fraction of sp³-hybridized carbons (Fsp3) is 1.00. The number of hydrogen-bond donors (Lipinski definition) is 1. The lowest BCUT2D eigenvalue weighted by atomic mass is 9.54. The summed E-state index contributed by atoms with van der Waals surface area (Å²) in [7, 11) is 2.38. The minimum Gasteiger partial charge on any atom is -0.378 e. The van der Waals surface area contributed by atoms with Gasteiger partial charge in [-0.2, -0.15) is 0 Å². The smallest absolute Gasteiger partial charge is 0.0661 e. The number of hydrogen-bond acceptors (Lipinski definition) is 3. The van der Waals surface area contributed by atoms with Crippen molar-refractivity contribution in [1.82, 2.24) is 10.2 Å². The first-order chi connectivity index (χ1) is 10.3. The summed E-state index contributed by atoms with van der Waals surface area (Å²) in [5.74, 6) is 0.906. The lowest BCUT2D eigenvalue weighted by Crippen LogP contribution is -2.65. The van der Waals surface area contributed by atoms with E-state index < -0.39 is 0 Å². The van der Waals surface area contributed by atoms with Crippen molar-refractivity contribution in [2.45, 2.75) is 70.4 Å². The van der Waals surface area contributed by atoms with Crippen molar-refractivity contribution in [3.63, 3.8) is 0 Å². The average Bonchev–Trinajstić information content (AvgIpc) is 2.52. The van der Waals surface area contributed by atoms with E-state index in [1.165, 1.54) is 71.0 Å². The second kappa shape index (κ2) is 8.32. The van der Waals surface area contributed by atoms with Crippen LogP contribution in [0.5, 0.6) is 0 Å². The molecule has 2 aliphatic carbocycles. The summed E-state index contributed by atoms with van der Waals surface area (Å²) in [5, 5.41) is 3.49. The Labute approximate surface area is 143 Å². The van der Waals surface area contributed by atoms with Crippen LogP contribution in [0.1, 0.15) is 58.3 Å². The molecule has 1 heterocycles. The lowest BCUT2D eigenvalue weighted by Gasteiger charge is -2.60. The molecule has 1 aliphatic heterocycles. The van der Waals surface area contributed by atoms with Gasteiger partial charge in [0.05, 0.1) is 6.10 Å². The number of nitrogens with one attached hydrogen (secondary N) is 1. The van der Waals surface area contributed by atoms with Gasteiger partial charge in [-0.15, -0.1) is 12.4 Å². The van der Waals surface area contributed by atoms with E-state index in [4.69, 9.17) is 4.74 Å². The third-order valence-electron chi connectivity index (χ3n) is 6.43. The van der Waals surface area contributed by atoms with Gasteiger partial charge in [-0.1, -0.05) is 19.3 Å². The van der Waals surface area contributed by atoms with Gasteiger partial charge in [0.2, 0.25) is 0 Å². The highest BCUT2D eigenvalue weighted by Gasteiger charge is 2.56. The van der Waals surface area contributed by atoms with Crippen molar-refractivity contribution < 1.29 is 4.74 Å². The monoisotopic (exact) mass is 330 g/mol. The molecule has 2 unspecified atom stereocenters. The highest BCUT2D eigenvalue weighted by molar-refractivity contribution is 5.85. The van der Waals surface area contributed by atoms with Gasteiger partial charge in [0, 0.05) is 24.6 Å². The van der Waals surface area contributed by atoms with E-state index in [2.05, 4.69) is 24.2 Å². The molecule has 3 fully saturated rings. The largest absolute Gasteiger partial charge is 0.378 e. The standard InChI is InChI=1S/C18H34N2O.ClH/c1-3-21-17-13-16(18(17)9-5-4-6-10-18)20(2)14-15-7-11-19-12-8-15;/h15-17,19H,3-14H2,1-2H3;1H. The molecule has 0 radical (unpaired) electrons. The number of halogens is 1. The zero-order valence-electron chi connectivity index (χ0n) is 14.5. The molecular weight excluding hydrogens is 296 g/mol. The van der Waals surface area contributed by atoms with E-state index >= 15 is 0 Å². The molecule has 2 atom stereocenters. The number of ether oxygens (including phenoxy) is 1. The molecule has 1 N–H and O–H groups in total. The number of nitrogens with zero attached hydrogens (tertiary/aromatic N) is 1. The molecular formula is C18H35ClN2O. The number of rotatable bonds is 5. The van der Waals surface area contributed by atoms with Gasteiger partial charge in [0.1, 0.15) is 0 Å². The van der Waals surface area contributed by atoms with E-state index in [0.29, 0.717) is 11.5 Å². The van der Waals surface area contributed by atoms with Crippen LogP contribution in [0, 0.1) is 11.3 Å². The van der Waals surface area contributed by atoms with Crippen LogP contribution in [0.25, 0.3) is 0 Å². The molecule has 3 aliphatic rings. The van der Waals surface area contributed by atoms with Crippen molar-refractivity contribution in [2.75, 3.05) is 33.3 Å². The zero-order valence-corrected chi connectivity index (χ0v) is 15.3. The molecule has 0 bridgehead atoms. The van der Waals surface area contributed by atoms with Crippen molar-refractivity contribution in [2.24, 2.45) is 11.3 Å². The fourth-order valence-corrected chi connectivity index (χ4v) is 5.24. The van der Waals surface area contributed by atoms with Crippen LogP contribution in [0.4, 0.5) is 0 Å². The van der Waals surface area contributed by atoms with Crippen LogP contribution in [0.2, 0.25) is 0 Å². The first-order valence-electron chi connectivity index (χ1n) is 9.29. The molecule has 1 spiro atoms. The van der Waals surface area contributed by atoms with Gasteiger partial charge >= 0.3 is 0 Å². The average molecular weight is 331 g/mol. The van der Waals surface area contributed by atoms with Crippen LogP contribution >= 0.6 is 12.4 Å². The SMILES string of the molecule is CCOC1CC(N(C)CC2CCNCC2)C12CCCCC2.Cl. The molecule has 3 rings (SSSR count). The summed E-state index contributed by atoms with van der Waals surface area (Å²) in [5.41, 5.74) is 0.496. The van der Waals surface area contributed by atoms with Crippen LogP contribution in [-0.4, -0.2) is 50.3 Å². The Kier molecular flexibility index (Phi) is 7.00. The molecule has 1 saturated heterocycles. The lowest BCUT2D eigenvalue weighted by molar-refractivity contribution is -0.180. The van der Waals surface area contributed by atoms with E-state index in [1.54, 1.807) is 0 Å². The second-order valence-electron chi connectivity index (χ2n) is 7.62. The van der Waals surface area contributed by atoms with Gasteiger partial charge in [0.25, 0.3) is 0 Å². The molecule has 0 aromatic heterocycles. The van der Waals surface area contributed by atoms with Gasteiger partial charge < -0.3 is 15.0 Å². The van der Waals surface area contributed by atoms with Crippen molar-refractivity contribution >= 4 is 12.4 Å². The molecule has 2 saturated carbocycles. The summed E-state index contributed by atoms with van der Waals surface area (Å²) in [6.07, 6.45) is 11.6. The first kappa shape index (κ1) is 18.5. The minimum absolute atomic E-state index is 0. The predicted octanol–water partition coefficient (Wildman–Crippen LogP) is 3.47. The molecule has 0 aromatic rings. The van der Waals surface area contributed by atoms with E-state index in [9.17, 15) is 0 Å². The molecule has 3 nitrogen and oxygen atoms in total. The van der Waals surface area contributed by atoms with Gasteiger partial charge in [-0.05, 0) is 65.1 Å². The number of piperidine rings is 1. The Hall–Kier alpha value is 0.170. The Morgan fingerprint density at radius 3 is 2.45 bits per heavy atom. The van der Waals surface area contributed by atoms with Crippen LogP contribution < -0.4 is 5.32 Å². The maximum Gasteiger partial charge on any atom is 0.0661 e. The normalized spacial score (nSPS) is 31.8. The molecule has 0 aromatic carbocycles. The third kappa shape index (κ3) is 3.63. The van der Waals surface area contributed by atoms with Gasteiger partial charge in [0.15, 0.2) is 0 Å². The summed E-state index contributed by atoms with van der Waals surface area (Å²) in [4.78, 5) is 2.71. The molecule has 22 heavy (non-hydrogen) atoms. The van der Waals surface area contributed by atoms with Crippen LogP contribution in [0.15, 0.2) is 0 Å². The van der Waals surface area contributed by atoms with Crippen molar-refractivity contribution in [1.29, 1.82) is 0 Å². The molecule has 0 amide bonds. The Bertz CT molecular complexity index is 327. The fourth-order valence-electron chi connectivity index (χ4n) is 5.24. The zero-order chi connectivity index (χ0) is 14.7. The van der Waals surface area contributed by atoms with Crippen LogP contribution in [0.3, 0.4) is 0 Å². The summed E-state index contributed by atoms with van der Waals surface area (Å²) in [6.45, 7) is 6.78. The van der Waals surface area contributed by atoms with E-state index in [-0.39, 0.29) is 12.4 Å². The quantitative estimate of drug-likeness (QED) is 0.835. The predicted molar refractivity (Wildman–Crippen MR) is 94.8 cm³/mol. The maximum atomic E-state index is 6.10. The third-order valence-corrected chi connectivity index (χ3v) is 6.43. The Balaban J connectivity index is 0.00000176. The van der Waals surface area contributed by atoms with E-state index in [0.717, 1.165) is 18.6 Å². The van der Waals surface area contributed by atoms with Crippen molar-refractivity contribution in [3.8, 4) is 0 Å². The minimum atomic E-state index is 0. The molecule has 130 valence electrons. The van der Waals surface area contributed by atoms with Crippen molar-refractivity contribution in [3.05, 3.63) is 0 Å². The Morgan fingerprint density at radius 2 is 1.82 bits per heavy atom. The topological polar surface area (TPSA) is 24.5 Å². The van der Waals surface area contributed by atoms with E-state index in [1.807, 2.05) is 0 Å². The van der Waals surface area contributed by atoms with Crippen LogP contribution in [-0.2, 0) is 4.74 Å². The van der Waals surface area contributed by atoms with Gasteiger partial charge in [-0.3, -0.25) is 0 Å². The summed E-state index contributed by atoms with van der Waals surface area (Å²) in [6, 6.07) is 0.782. The maximum absolute atomic E-state index is 6.10.